The van der Waals surface area contributed by atoms with Crippen LogP contribution in [0.4, 0.5) is 5.95 Å². The van der Waals surface area contributed by atoms with E-state index in [0.29, 0.717) is 37.7 Å². The van der Waals surface area contributed by atoms with E-state index in [1.807, 2.05) is 30.6 Å². The van der Waals surface area contributed by atoms with Crippen LogP contribution in [0.2, 0.25) is 5.02 Å². The molecule has 1 saturated carbocycles. The van der Waals surface area contributed by atoms with Crippen LogP contribution in [0.5, 0.6) is 5.75 Å². The first kappa shape index (κ1) is 26.2. The average molecular weight is 529 g/mol. The van der Waals surface area contributed by atoms with Crippen LogP contribution in [-0.4, -0.2) is 73.9 Å². The lowest BCUT2D eigenvalue weighted by atomic mass is 9.90. The molecule has 8 nitrogen and oxygen atoms in total. The summed E-state index contributed by atoms with van der Waals surface area (Å²) in [4.78, 5) is 25.5. The number of amides is 1. The molecule has 5 rings (SSSR count). The maximum absolute atomic E-state index is 12.4. The zero-order valence-electron chi connectivity index (χ0n) is 21.8. The molecule has 3 aliphatic rings. The minimum atomic E-state index is 0.0852. The fourth-order valence-corrected chi connectivity index (χ4v) is 5.85. The van der Waals surface area contributed by atoms with Gasteiger partial charge in [0.25, 0.3) is 0 Å². The Hall–Kier alpha value is -2.42. The molecule has 0 unspecified atom stereocenters. The second-order valence-electron chi connectivity index (χ2n) is 10.5. The van der Waals surface area contributed by atoms with E-state index < -0.39 is 0 Å². The molecular weight excluding hydrogens is 492 g/mol. The predicted octanol–water partition coefficient (Wildman–Crippen LogP) is 4.00. The third kappa shape index (κ3) is 6.54. The standard InChI is InChI=1S/C28H37ClN4O4/c1-35-18-19-14-30-28(31-15-19)32-8-5-20(6-9-32)25-11-21(25)7-10-37-23-4-3-22(26(29)13-23)12-27(34)33-16-24(17-33)36-2/h3-4,13-15,20-21,24-25H,5-12,16-18H2,1-2H3/t21-,25-/m1/s1. The lowest BCUT2D eigenvalue weighted by Crippen LogP contribution is -2.54. The summed E-state index contributed by atoms with van der Waals surface area (Å²) in [6, 6.07) is 5.67. The summed E-state index contributed by atoms with van der Waals surface area (Å²) < 4.78 is 16.4. The molecule has 9 heteroatoms. The number of methoxy groups -OCH3 is 2. The molecule has 1 amide bonds. The van der Waals surface area contributed by atoms with Gasteiger partial charge in [-0.15, -0.1) is 0 Å². The monoisotopic (exact) mass is 528 g/mol. The van der Waals surface area contributed by atoms with Crippen molar-refractivity contribution in [1.82, 2.24) is 14.9 Å². The molecule has 2 saturated heterocycles. The number of carbonyl (C=O) groups excluding carboxylic acids is 1. The number of hydrogen-bond acceptors (Lipinski definition) is 7. The molecule has 0 bridgehead atoms. The molecule has 1 aromatic carbocycles. The molecule has 0 radical (unpaired) electrons. The number of anilines is 1. The van der Waals surface area contributed by atoms with Crippen LogP contribution < -0.4 is 9.64 Å². The number of benzene rings is 1. The molecule has 1 aliphatic carbocycles. The summed E-state index contributed by atoms with van der Waals surface area (Å²) >= 11 is 6.46. The molecule has 0 spiro atoms. The molecule has 3 fully saturated rings. The maximum atomic E-state index is 12.4. The van der Waals surface area contributed by atoms with E-state index in [1.54, 1.807) is 19.1 Å². The van der Waals surface area contributed by atoms with Gasteiger partial charge in [0.2, 0.25) is 11.9 Å². The Morgan fingerprint density at radius 1 is 1.14 bits per heavy atom. The molecule has 2 aromatic rings. The number of carbonyl (C=O) groups is 1. The van der Waals surface area contributed by atoms with Gasteiger partial charge in [0.05, 0.1) is 25.7 Å². The van der Waals surface area contributed by atoms with Gasteiger partial charge in [-0.2, -0.15) is 0 Å². The van der Waals surface area contributed by atoms with Gasteiger partial charge in [0.15, 0.2) is 0 Å². The van der Waals surface area contributed by atoms with E-state index >= 15 is 0 Å². The zero-order valence-corrected chi connectivity index (χ0v) is 22.5. The van der Waals surface area contributed by atoms with E-state index in [9.17, 15) is 4.79 Å². The minimum Gasteiger partial charge on any atom is -0.494 e. The summed E-state index contributed by atoms with van der Waals surface area (Å²) in [5.74, 6) is 4.03. The average Bonchev–Trinajstić information content (AvgIpc) is 3.65. The van der Waals surface area contributed by atoms with Gasteiger partial charge < -0.3 is 24.0 Å². The second-order valence-corrected chi connectivity index (χ2v) is 10.9. The highest BCUT2D eigenvalue weighted by atomic mass is 35.5. The third-order valence-electron chi connectivity index (χ3n) is 8.07. The highest BCUT2D eigenvalue weighted by Crippen LogP contribution is 2.49. The molecule has 0 N–H and O–H groups in total. The van der Waals surface area contributed by atoms with E-state index in [2.05, 4.69) is 14.9 Å². The highest BCUT2D eigenvalue weighted by Gasteiger charge is 2.43. The largest absolute Gasteiger partial charge is 0.494 e. The van der Waals surface area contributed by atoms with Crippen LogP contribution in [0, 0.1) is 17.8 Å². The van der Waals surface area contributed by atoms with Gasteiger partial charge in [0, 0.05) is 63.4 Å². The topological polar surface area (TPSA) is 77.0 Å². The van der Waals surface area contributed by atoms with Crippen LogP contribution in [0.25, 0.3) is 0 Å². The third-order valence-corrected chi connectivity index (χ3v) is 8.42. The first-order valence-corrected chi connectivity index (χ1v) is 13.7. The van der Waals surface area contributed by atoms with E-state index in [-0.39, 0.29) is 12.0 Å². The van der Waals surface area contributed by atoms with Crippen LogP contribution >= 0.6 is 11.6 Å². The van der Waals surface area contributed by atoms with E-state index in [1.165, 1.54) is 19.3 Å². The van der Waals surface area contributed by atoms with Gasteiger partial charge in [-0.1, -0.05) is 17.7 Å². The van der Waals surface area contributed by atoms with Gasteiger partial charge in [-0.3, -0.25) is 4.79 Å². The van der Waals surface area contributed by atoms with Crippen LogP contribution in [0.1, 0.15) is 36.8 Å². The number of piperidine rings is 1. The number of ether oxygens (including phenoxy) is 3. The van der Waals surface area contributed by atoms with Crippen molar-refractivity contribution in [1.29, 1.82) is 0 Å². The first-order chi connectivity index (χ1) is 18.0. The van der Waals surface area contributed by atoms with Gasteiger partial charge in [-0.25, -0.2) is 9.97 Å². The molecule has 3 heterocycles. The lowest BCUT2D eigenvalue weighted by molar-refractivity contribution is -0.142. The second kappa shape index (κ2) is 12.0. The Labute approximate surface area is 224 Å². The maximum Gasteiger partial charge on any atom is 0.227 e. The van der Waals surface area contributed by atoms with Crippen molar-refractivity contribution >= 4 is 23.5 Å². The van der Waals surface area contributed by atoms with Crippen molar-refractivity contribution in [3.05, 3.63) is 46.7 Å². The molecule has 1 aromatic heterocycles. The van der Waals surface area contributed by atoms with Crippen molar-refractivity contribution in [2.45, 2.75) is 44.8 Å². The van der Waals surface area contributed by atoms with Crippen molar-refractivity contribution in [2.24, 2.45) is 17.8 Å². The van der Waals surface area contributed by atoms with Crippen molar-refractivity contribution < 1.29 is 19.0 Å². The Bertz CT molecular complexity index is 1050. The van der Waals surface area contributed by atoms with Crippen molar-refractivity contribution in [3.63, 3.8) is 0 Å². The van der Waals surface area contributed by atoms with E-state index in [0.717, 1.165) is 60.1 Å². The quantitative estimate of drug-likeness (QED) is 0.436. The lowest BCUT2D eigenvalue weighted by Gasteiger charge is -2.38. The van der Waals surface area contributed by atoms with E-state index in [4.69, 9.17) is 25.8 Å². The number of likely N-dealkylation sites (tertiary alicyclic amines) is 1. The Kier molecular flexibility index (Phi) is 8.47. The highest BCUT2D eigenvalue weighted by molar-refractivity contribution is 6.31. The zero-order chi connectivity index (χ0) is 25.8. The van der Waals surface area contributed by atoms with Crippen LogP contribution in [0.15, 0.2) is 30.6 Å². The molecule has 2 atom stereocenters. The molecule has 2 aliphatic heterocycles. The number of halogens is 1. The van der Waals surface area contributed by atoms with Crippen molar-refractivity contribution in [3.8, 4) is 5.75 Å². The molecule has 200 valence electrons. The summed E-state index contributed by atoms with van der Waals surface area (Å²) in [6.45, 7) is 4.60. The SMILES string of the molecule is COCc1cnc(N2CCC([C@H]3C[C@H]3CCOc3ccc(CC(=O)N4CC(OC)C4)c(Cl)c3)CC2)nc1. The summed E-state index contributed by atoms with van der Waals surface area (Å²) in [5, 5.41) is 0.586. The predicted molar refractivity (Wildman–Crippen MR) is 142 cm³/mol. The number of rotatable bonds is 11. The first-order valence-electron chi connectivity index (χ1n) is 13.3. The number of aromatic nitrogens is 2. The van der Waals surface area contributed by atoms with Gasteiger partial charge >= 0.3 is 0 Å². The summed E-state index contributed by atoms with van der Waals surface area (Å²) in [7, 11) is 3.36. The van der Waals surface area contributed by atoms with Gasteiger partial charge in [-0.05, 0) is 61.1 Å². The normalized spacial score (nSPS) is 22.1. The fourth-order valence-electron chi connectivity index (χ4n) is 5.62. The molecular formula is C28H37ClN4O4. The summed E-state index contributed by atoms with van der Waals surface area (Å²) in [5.41, 5.74) is 1.84. The number of hydrogen-bond donors (Lipinski definition) is 0. The fraction of sp³-hybridized carbons (Fsp3) is 0.607. The van der Waals surface area contributed by atoms with Gasteiger partial charge in [0.1, 0.15) is 5.75 Å². The minimum absolute atomic E-state index is 0.0852. The molecule has 37 heavy (non-hydrogen) atoms. The Morgan fingerprint density at radius 2 is 1.89 bits per heavy atom. The smallest absolute Gasteiger partial charge is 0.227 e. The Morgan fingerprint density at radius 3 is 2.57 bits per heavy atom. The van der Waals surface area contributed by atoms with Crippen molar-refractivity contribution in [2.75, 3.05) is 51.9 Å². The summed E-state index contributed by atoms with van der Waals surface area (Å²) in [6.07, 6.45) is 8.96. The number of nitrogens with zero attached hydrogens (tertiary/aromatic N) is 4. The van der Waals surface area contributed by atoms with Crippen LogP contribution in [-0.2, 0) is 27.3 Å². The Balaban J connectivity index is 1.00. The van der Waals surface area contributed by atoms with Crippen LogP contribution in [0.3, 0.4) is 0 Å².